The molecule has 2 aromatic rings. The number of hydrogen-bond donors (Lipinski definition) is 1. The average molecular weight is 376 g/mol. The van der Waals surface area contributed by atoms with Gasteiger partial charge in [-0.3, -0.25) is 15.0 Å². The molecule has 2 aromatic carbocycles. The number of nitrogens with zero attached hydrogens (tertiary/aromatic N) is 1. The molecule has 6 heteroatoms. The summed E-state index contributed by atoms with van der Waals surface area (Å²) < 4.78 is 10.7. The number of benzene rings is 2. The van der Waals surface area contributed by atoms with Gasteiger partial charge in [0, 0.05) is 0 Å². The van der Waals surface area contributed by atoms with Gasteiger partial charge >= 0.3 is 0 Å². The number of anilines is 1. The Morgan fingerprint density at radius 2 is 1.89 bits per heavy atom. The maximum Gasteiger partial charge on any atom is 0.282 e. The second kappa shape index (κ2) is 7.89. The lowest BCUT2D eigenvalue weighted by atomic mass is 10.1. The van der Waals surface area contributed by atoms with Crippen molar-refractivity contribution in [3.05, 3.63) is 58.7 Å². The first-order valence-corrected chi connectivity index (χ1v) is 8.63. The van der Waals surface area contributed by atoms with Gasteiger partial charge in [0.25, 0.3) is 11.8 Å². The van der Waals surface area contributed by atoms with Crippen LogP contribution in [-0.4, -0.2) is 25.5 Å². The van der Waals surface area contributed by atoms with Crippen molar-refractivity contribution in [1.29, 1.82) is 0 Å². The zero-order chi connectivity index (χ0) is 20.3. The normalized spacial score (nSPS) is 14.8. The molecule has 2 amide bonds. The lowest BCUT2D eigenvalue weighted by molar-refractivity contribution is -0.117. The molecule has 142 valence electrons. The summed E-state index contributed by atoms with van der Waals surface area (Å²) in [6.07, 6.45) is 6.72. The zero-order valence-corrected chi connectivity index (χ0v) is 15.9. The van der Waals surface area contributed by atoms with Gasteiger partial charge in [0.2, 0.25) is 0 Å². The van der Waals surface area contributed by atoms with Crippen LogP contribution in [0.5, 0.6) is 11.5 Å². The van der Waals surface area contributed by atoms with Gasteiger partial charge in [-0.1, -0.05) is 18.1 Å². The molecule has 0 saturated carbocycles. The minimum absolute atomic E-state index is 0.0394. The predicted octanol–water partition coefficient (Wildman–Crippen LogP) is 2.79. The van der Waals surface area contributed by atoms with Gasteiger partial charge in [-0.05, 0) is 60.9 Å². The summed E-state index contributed by atoms with van der Waals surface area (Å²) in [7, 11) is 1.50. The second-order valence-electron chi connectivity index (χ2n) is 6.31. The Bertz CT molecular complexity index is 1020. The maximum absolute atomic E-state index is 12.8. The quantitative estimate of drug-likeness (QED) is 0.495. The molecule has 1 fully saturated rings. The summed E-state index contributed by atoms with van der Waals surface area (Å²) in [4.78, 5) is 25.1. The molecule has 0 spiro atoms. The minimum Gasteiger partial charge on any atom is -0.493 e. The molecule has 1 N–H and O–H groups in total. The molecule has 1 saturated heterocycles. The van der Waals surface area contributed by atoms with Gasteiger partial charge in [0.15, 0.2) is 11.5 Å². The van der Waals surface area contributed by atoms with Crippen molar-refractivity contribution in [2.45, 2.75) is 13.8 Å². The SMILES string of the molecule is C#CCOc1ccc(/C=C2\C(=O)NN(c3ccc(C)c(C)c3)C2=O)cc1OC. The van der Waals surface area contributed by atoms with Crippen molar-refractivity contribution in [1.82, 2.24) is 5.43 Å². The van der Waals surface area contributed by atoms with Crippen molar-refractivity contribution >= 4 is 23.6 Å². The molecule has 0 aromatic heterocycles. The number of rotatable bonds is 5. The summed E-state index contributed by atoms with van der Waals surface area (Å²) in [5.74, 6) is 2.45. The Labute approximate surface area is 163 Å². The lowest BCUT2D eigenvalue weighted by Gasteiger charge is -2.16. The number of hydrogen-bond acceptors (Lipinski definition) is 4. The van der Waals surface area contributed by atoms with Crippen LogP contribution < -0.4 is 19.9 Å². The van der Waals surface area contributed by atoms with Crippen molar-refractivity contribution < 1.29 is 19.1 Å². The smallest absolute Gasteiger partial charge is 0.282 e. The Morgan fingerprint density at radius 3 is 2.57 bits per heavy atom. The highest BCUT2D eigenvalue weighted by atomic mass is 16.5. The van der Waals surface area contributed by atoms with Crippen LogP contribution in [0.2, 0.25) is 0 Å². The molecule has 28 heavy (non-hydrogen) atoms. The molecular formula is C22H20N2O4. The highest BCUT2D eigenvalue weighted by Crippen LogP contribution is 2.30. The molecule has 1 heterocycles. The number of amides is 2. The van der Waals surface area contributed by atoms with Gasteiger partial charge in [0.05, 0.1) is 12.8 Å². The largest absolute Gasteiger partial charge is 0.493 e. The molecule has 0 radical (unpaired) electrons. The van der Waals surface area contributed by atoms with E-state index in [1.807, 2.05) is 26.0 Å². The van der Waals surface area contributed by atoms with Crippen LogP contribution in [0, 0.1) is 26.2 Å². The third-order valence-corrected chi connectivity index (χ3v) is 4.45. The average Bonchev–Trinajstić information content (AvgIpc) is 2.97. The predicted molar refractivity (Wildman–Crippen MR) is 107 cm³/mol. The van der Waals surface area contributed by atoms with Crippen LogP contribution in [0.3, 0.4) is 0 Å². The standard InChI is InChI=1S/C22H20N2O4/c1-5-10-28-19-9-7-16(13-20(19)27-4)12-18-21(25)23-24(22(18)26)17-8-6-14(2)15(3)11-17/h1,6-9,11-13H,10H2,2-4H3,(H,23,25)/b18-12+. The highest BCUT2D eigenvalue weighted by molar-refractivity contribution is 6.31. The van der Waals surface area contributed by atoms with Crippen LogP contribution in [0.4, 0.5) is 5.69 Å². The monoisotopic (exact) mass is 376 g/mol. The van der Waals surface area contributed by atoms with E-state index in [-0.39, 0.29) is 12.2 Å². The first-order chi connectivity index (χ1) is 13.4. The summed E-state index contributed by atoms with van der Waals surface area (Å²) >= 11 is 0. The van der Waals surface area contributed by atoms with Gasteiger partial charge in [-0.25, -0.2) is 5.01 Å². The number of carbonyl (C=O) groups is 2. The van der Waals surface area contributed by atoms with E-state index < -0.39 is 11.8 Å². The van der Waals surface area contributed by atoms with Gasteiger partial charge in [-0.2, -0.15) is 0 Å². The first-order valence-electron chi connectivity index (χ1n) is 8.63. The number of aryl methyl sites for hydroxylation is 2. The number of ether oxygens (including phenoxy) is 2. The van der Waals surface area contributed by atoms with Crippen LogP contribution in [-0.2, 0) is 9.59 Å². The molecule has 1 aliphatic rings. The molecule has 0 bridgehead atoms. The van der Waals surface area contributed by atoms with Crippen molar-refractivity contribution in [3.63, 3.8) is 0 Å². The highest BCUT2D eigenvalue weighted by Gasteiger charge is 2.34. The fourth-order valence-electron chi connectivity index (χ4n) is 2.78. The Kier molecular flexibility index (Phi) is 5.37. The number of methoxy groups -OCH3 is 1. The Balaban J connectivity index is 1.90. The molecule has 0 unspecified atom stereocenters. The topological polar surface area (TPSA) is 67.9 Å². The van der Waals surface area contributed by atoms with Gasteiger partial charge < -0.3 is 9.47 Å². The lowest BCUT2D eigenvalue weighted by Crippen LogP contribution is -2.35. The van der Waals surface area contributed by atoms with Crippen molar-refractivity contribution in [2.24, 2.45) is 0 Å². The fourth-order valence-corrected chi connectivity index (χ4v) is 2.78. The van der Waals surface area contributed by atoms with Crippen LogP contribution >= 0.6 is 0 Å². The van der Waals surface area contributed by atoms with Crippen LogP contribution in [0.15, 0.2) is 42.0 Å². The van der Waals surface area contributed by atoms with Gasteiger partial charge in [0.1, 0.15) is 12.2 Å². The molecule has 1 aliphatic heterocycles. The maximum atomic E-state index is 12.8. The van der Waals surface area contributed by atoms with Crippen molar-refractivity contribution in [3.8, 4) is 23.8 Å². The summed E-state index contributed by atoms with van der Waals surface area (Å²) in [6, 6.07) is 10.6. The van der Waals surface area contributed by atoms with E-state index in [1.54, 1.807) is 24.3 Å². The van der Waals surface area contributed by atoms with E-state index in [4.69, 9.17) is 15.9 Å². The van der Waals surface area contributed by atoms with Gasteiger partial charge in [-0.15, -0.1) is 6.42 Å². The van der Waals surface area contributed by atoms with E-state index in [2.05, 4.69) is 11.3 Å². The zero-order valence-electron chi connectivity index (χ0n) is 15.9. The number of nitrogens with one attached hydrogen (secondary N) is 1. The van der Waals surface area contributed by atoms with E-state index in [0.29, 0.717) is 22.7 Å². The van der Waals surface area contributed by atoms with E-state index >= 15 is 0 Å². The summed E-state index contributed by atoms with van der Waals surface area (Å²) in [5.41, 5.74) is 6.02. The van der Waals surface area contributed by atoms with E-state index in [0.717, 1.165) is 11.1 Å². The fraction of sp³-hybridized carbons (Fsp3) is 0.182. The number of terminal acetylenes is 1. The molecule has 6 nitrogen and oxygen atoms in total. The molecular weight excluding hydrogens is 356 g/mol. The third kappa shape index (κ3) is 3.69. The Morgan fingerprint density at radius 1 is 1.11 bits per heavy atom. The third-order valence-electron chi connectivity index (χ3n) is 4.45. The number of hydrazine groups is 1. The summed E-state index contributed by atoms with van der Waals surface area (Å²) in [5, 5.41) is 1.25. The molecule has 3 rings (SSSR count). The molecule has 0 atom stereocenters. The second-order valence-corrected chi connectivity index (χ2v) is 6.31. The molecule has 0 aliphatic carbocycles. The van der Waals surface area contributed by atoms with Crippen molar-refractivity contribution in [2.75, 3.05) is 18.7 Å². The first kappa shape index (κ1) is 19.1. The van der Waals surface area contributed by atoms with Crippen LogP contribution in [0.25, 0.3) is 6.08 Å². The van der Waals surface area contributed by atoms with Crippen LogP contribution in [0.1, 0.15) is 16.7 Å². The van der Waals surface area contributed by atoms with E-state index in [1.165, 1.54) is 18.2 Å². The van der Waals surface area contributed by atoms with E-state index in [9.17, 15) is 9.59 Å². The summed E-state index contributed by atoms with van der Waals surface area (Å²) in [6.45, 7) is 4.05. The Hall–Kier alpha value is -3.72. The number of carbonyl (C=O) groups excluding carboxylic acids is 2. The minimum atomic E-state index is -0.463.